The Morgan fingerprint density at radius 2 is 2.11 bits per heavy atom. The van der Waals surface area contributed by atoms with Crippen molar-refractivity contribution in [1.82, 2.24) is 9.78 Å². The number of nitriles is 1. The van der Waals surface area contributed by atoms with Gasteiger partial charge in [-0.15, -0.1) is 0 Å². The smallest absolute Gasteiger partial charge is 0.103 e. The summed E-state index contributed by atoms with van der Waals surface area (Å²) in [6, 6.07) is 4.64. The minimum Gasteiger partial charge on any atom is -0.768 e. The molecule has 0 saturated heterocycles. The molecule has 8 heteroatoms. The van der Waals surface area contributed by atoms with Crippen LogP contribution in [0.1, 0.15) is 11.3 Å². The van der Waals surface area contributed by atoms with E-state index in [0.717, 1.165) is 0 Å². The van der Waals surface area contributed by atoms with Gasteiger partial charge in [-0.25, -0.2) is 4.68 Å². The third-order valence-corrected chi connectivity index (χ3v) is 3.96. The third-order valence-electron chi connectivity index (χ3n) is 2.54. The molecule has 1 aromatic carbocycles. The van der Waals surface area contributed by atoms with E-state index in [-0.39, 0.29) is 14.9 Å². The average Bonchev–Trinajstić information content (AvgIpc) is 2.72. The molecule has 0 aliphatic rings. The zero-order valence-electron chi connectivity index (χ0n) is 9.55. The summed E-state index contributed by atoms with van der Waals surface area (Å²) < 4.78 is 23.3. The first-order valence-electron chi connectivity index (χ1n) is 4.99. The number of benzene rings is 1. The lowest BCUT2D eigenvalue weighted by atomic mass is 10.2. The fraction of sp³-hybridized carbons (Fsp3) is 0.0909. The average molecular weight is 315 g/mol. The van der Waals surface area contributed by atoms with Gasteiger partial charge in [0.1, 0.15) is 6.07 Å². The number of hydrogen-bond donors (Lipinski definition) is 0. The third kappa shape index (κ3) is 2.51. The van der Waals surface area contributed by atoms with Crippen molar-refractivity contribution in [2.24, 2.45) is 0 Å². The van der Waals surface area contributed by atoms with Gasteiger partial charge >= 0.3 is 0 Å². The van der Waals surface area contributed by atoms with Crippen LogP contribution in [0.4, 0.5) is 0 Å². The molecule has 1 heterocycles. The Kier molecular flexibility index (Phi) is 3.92. The van der Waals surface area contributed by atoms with E-state index >= 15 is 0 Å². The predicted octanol–water partition coefficient (Wildman–Crippen LogP) is 2.60. The van der Waals surface area contributed by atoms with Crippen molar-refractivity contribution in [3.8, 4) is 11.8 Å². The molecule has 0 saturated carbocycles. The summed E-state index contributed by atoms with van der Waals surface area (Å²) in [4.78, 5) is -0.0827. The molecule has 0 fully saturated rings. The Hall–Kier alpha value is -1.39. The van der Waals surface area contributed by atoms with Gasteiger partial charge in [0.15, 0.2) is 0 Å². The van der Waals surface area contributed by atoms with Crippen molar-refractivity contribution in [3.63, 3.8) is 0 Å². The summed E-state index contributed by atoms with van der Waals surface area (Å²) in [6.45, 7) is 1.70. The normalized spacial score (nSPS) is 12.2. The van der Waals surface area contributed by atoms with Crippen LogP contribution < -0.4 is 0 Å². The molecule has 0 bridgehead atoms. The zero-order chi connectivity index (χ0) is 14.2. The van der Waals surface area contributed by atoms with Crippen LogP contribution in [0.5, 0.6) is 0 Å². The molecule has 0 radical (unpaired) electrons. The Balaban J connectivity index is 2.64. The topological polar surface area (TPSA) is 81.7 Å². The van der Waals surface area contributed by atoms with Crippen molar-refractivity contribution in [2.45, 2.75) is 11.8 Å². The molecule has 98 valence electrons. The number of nitrogens with zero attached hydrogens (tertiary/aromatic N) is 3. The molecule has 1 unspecified atom stereocenters. The van der Waals surface area contributed by atoms with Crippen molar-refractivity contribution in [2.75, 3.05) is 0 Å². The summed E-state index contributed by atoms with van der Waals surface area (Å²) >= 11 is 9.44. The Labute approximate surface area is 121 Å². The van der Waals surface area contributed by atoms with Crippen LogP contribution in [0.25, 0.3) is 5.69 Å². The highest BCUT2D eigenvalue weighted by atomic mass is 35.5. The van der Waals surface area contributed by atoms with Gasteiger partial charge in [-0.1, -0.05) is 23.2 Å². The Morgan fingerprint density at radius 3 is 2.63 bits per heavy atom. The van der Waals surface area contributed by atoms with Gasteiger partial charge in [0.25, 0.3) is 0 Å². The minimum atomic E-state index is -2.47. The number of rotatable bonds is 2. The second-order valence-electron chi connectivity index (χ2n) is 3.64. The number of aromatic nitrogens is 2. The Morgan fingerprint density at radius 1 is 1.42 bits per heavy atom. The van der Waals surface area contributed by atoms with Crippen LogP contribution >= 0.6 is 23.2 Å². The molecule has 0 aliphatic carbocycles. The summed E-state index contributed by atoms with van der Waals surface area (Å²) in [7, 11) is 0. The van der Waals surface area contributed by atoms with E-state index < -0.39 is 11.1 Å². The lowest BCUT2D eigenvalue weighted by Crippen LogP contribution is -2.02. The zero-order valence-corrected chi connectivity index (χ0v) is 11.9. The van der Waals surface area contributed by atoms with E-state index in [1.54, 1.807) is 6.92 Å². The summed E-state index contributed by atoms with van der Waals surface area (Å²) in [5.41, 5.74) is 1.42. The van der Waals surface area contributed by atoms with E-state index in [0.29, 0.717) is 16.9 Å². The van der Waals surface area contributed by atoms with Crippen LogP contribution in [-0.4, -0.2) is 18.5 Å². The maximum atomic E-state index is 10.9. The molecule has 2 rings (SSSR count). The molecule has 0 spiro atoms. The van der Waals surface area contributed by atoms with Gasteiger partial charge in [0, 0.05) is 4.90 Å². The van der Waals surface area contributed by atoms with Crippen LogP contribution in [0, 0.1) is 18.3 Å². The van der Waals surface area contributed by atoms with E-state index in [1.165, 1.54) is 23.0 Å². The Bertz CT molecular complexity index is 721. The van der Waals surface area contributed by atoms with E-state index in [1.807, 2.05) is 6.07 Å². The molecular weight excluding hydrogens is 309 g/mol. The molecule has 19 heavy (non-hydrogen) atoms. The maximum Gasteiger partial charge on any atom is 0.103 e. The molecule has 2 aromatic rings. The van der Waals surface area contributed by atoms with E-state index in [4.69, 9.17) is 28.5 Å². The highest BCUT2D eigenvalue weighted by molar-refractivity contribution is 7.79. The SMILES string of the molecule is Cc1c(C#N)cnn1-c1cc(Cl)c(S(=O)[O-])cc1Cl. The summed E-state index contributed by atoms with van der Waals surface area (Å²) in [6.07, 6.45) is 1.40. The fourth-order valence-electron chi connectivity index (χ4n) is 1.57. The second-order valence-corrected chi connectivity index (χ2v) is 5.36. The largest absolute Gasteiger partial charge is 0.768 e. The van der Waals surface area contributed by atoms with Crippen LogP contribution in [0.15, 0.2) is 23.2 Å². The highest BCUT2D eigenvalue weighted by Crippen LogP contribution is 2.30. The van der Waals surface area contributed by atoms with Gasteiger partial charge < -0.3 is 4.55 Å². The monoisotopic (exact) mass is 314 g/mol. The van der Waals surface area contributed by atoms with Gasteiger partial charge in [0.2, 0.25) is 0 Å². The molecule has 1 atom stereocenters. The van der Waals surface area contributed by atoms with Gasteiger partial charge in [-0.3, -0.25) is 4.21 Å². The molecule has 0 N–H and O–H groups in total. The van der Waals surface area contributed by atoms with Gasteiger partial charge in [-0.2, -0.15) is 10.4 Å². The van der Waals surface area contributed by atoms with E-state index in [2.05, 4.69) is 5.10 Å². The summed E-state index contributed by atoms with van der Waals surface area (Å²) in [5, 5.41) is 13.1. The minimum absolute atomic E-state index is 0.0427. The predicted molar refractivity (Wildman–Crippen MR) is 70.2 cm³/mol. The van der Waals surface area contributed by atoms with Gasteiger partial charge in [-0.05, 0) is 30.1 Å². The molecular formula is C11H6Cl2N3O2S-. The number of halogens is 2. The first-order chi connectivity index (χ1) is 8.95. The first-order valence-corrected chi connectivity index (χ1v) is 6.82. The van der Waals surface area contributed by atoms with Crippen LogP contribution in [-0.2, 0) is 11.1 Å². The highest BCUT2D eigenvalue weighted by Gasteiger charge is 2.13. The van der Waals surface area contributed by atoms with Crippen LogP contribution in [0.3, 0.4) is 0 Å². The van der Waals surface area contributed by atoms with Crippen LogP contribution in [0.2, 0.25) is 10.0 Å². The molecule has 0 amide bonds. The van der Waals surface area contributed by atoms with Gasteiger partial charge in [0.05, 0.1) is 33.2 Å². The maximum absolute atomic E-state index is 10.9. The van der Waals surface area contributed by atoms with Crippen molar-refractivity contribution in [1.29, 1.82) is 5.26 Å². The second kappa shape index (κ2) is 5.31. The summed E-state index contributed by atoms with van der Waals surface area (Å²) in [5.74, 6) is 0. The lowest BCUT2D eigenvalue weighted by molar-refractivity contribution is 0.537. The lowest BCUT2D eigenvalue weighted by Gasteiger charge is -2.12. The standard InChI is InChI=1S/C11H7Cl2N3O2S/c1-6-7(4-14)5-15-16(6)10-2-9(13)11(19(17)18)3-8(10)12/h2-3,5H,1H3,(H,17,18)/p-1. The molecule has 1 aromatic heterocycles. The van der Waals surface area contributed by atoms with E-state index in [9.17, 15) is 8.76 Å². The molecule has 5 nitrogen and oxygen atoms in total. The van der Waals surface area contributed by atoms with Crippen molar-refractivity contribution < 1.29 is 8.76 Å². The number of hydrogen-bond acceptors (Lipinski definition) is 4. The quantitative estimate of drug-likeness (QED) is 0.798. The molecule has 0 aliphatic heterocycles. The van der Waals surface area contributed by atoms with Crippen molar-refractivity contribution in [3.05, 3.63) is 39.6 Å². The fourth-order valence-corrected chi connectivity index (χ4v) is 2.66. The van der Waals surface area contributed by atoms with Crippen molar-refractivity contribution >= 4 is 34.3 Å². The first kappa shape index (κ1) is 14.0.